The number of ether oxygens (including phenoxy) is 2. The van der Waals surface area contributed by atoms with Crippen molar-refractivity contribution in [2.75, 3.05) is 26.9 Å². The van der Waals surface area contributed by atoms with Gasteiger partial charge in [0.2, 0.25) is 0 Å². The topological polar surface area (TPSA) is 55.8 Å². The van der Waals surface area contributed by atoms with Crippen molar-refractivity contribution in [2.24, 2.45) is 0 Å². The largest absolute Gasteiger partial charge is 0.467 e. The van der Waals surface area contributed by atoms with Gasteiger partial charge in [-0.3, -0.25) is 4.79 Å². The van der Waals surface area contributed by atoms with Gasteiger partial charge in [0.15, 0.2) is 6.04 Å². The van der Waals surface area contributed by atoms with E-state index in [4.69, 9.17) is 9.47 Å². The van der Waals surface area contributed by atoms with Gasteiger partial charge < -0.3 is 14.4 Å². The molecule has 0 N–H and O–H groups in total. The molecule has 1 aliphatic heterocycles. The SMILES string of the molecule is COC(=O)C1COCCN1C(=O)c1cc(Br)ccc1C. The number of methoxy groups -OCH3 is 1. The fraction of sp³-hybridized carbons (Fsp3) is 0.429. The minimum atomic E-state index is -0.681. The molecule has 1 aromatic rings. The quantitative estimate of drug-likeness (QED) is 0.769. The number of morpholine rings is 1. The van der Waals surface area contributed by atoms with Crippen LogP contribution in [0.3, 0.4) is 0 Å². The molecule has 1 saturated heterocycles. The first-order valence-corrected chi connectivity index (χ1v) is 7.06. The summed E-state index contributed by atoms with van der Waals surface area (Å²) in [6.45, 7) is 2.84. The van der Waals surface area contributed by atoms with Crippen molar-refractivity contribution in [3.05, 3.63) is 33.8 Å². The van der Waals surface area contributed by atoms with Crippen LogP contribution in [0.5, 0.6) is 0 Å². The Morgan fingerprint density at radius 3 is 2.90 bits per heavy atom. The minimum Gasteiger partial charge on any atom is -0.467 e. The Kier molecular flexibility index (Phi) is 4.77. The molecule has 2 rings (SSSR count). The number of carbonyl (C=O) groups is 2. The van der Waals surface area contributed by atoms with Gasteiger partial charge in [-0.05, 0) is 24.6 Å². The van der Waals surface area contributed by atoms with Crippen LogP contribution < -0.4 is 0 Å². The first-order chi connectivity index (χ1) is 9.54. The van der Waals surface area contributed by atoms with Gasteiger partial charge in [0.25, 0.3) is 5.91 Å². The number of carbonyl (C=O) groups excluding carboxylic acids is 2. The van der Waals surface area contributed by atoms with Gasteiger partial charge in [-0.15, -0.1) is 0 Å². The zero-order valence-corrected chi connectivity index (χ0v) is 13.0. The van der Waals surface area contributed by atoms with Gasteiger partial charge in [-0.1, -0.05) is 22.0 Å². The van der Waals surface area contributed by atoms with Gasteiger partial charge in [0.1, 0.15) is 0 Å². The number of esters is 1. The van der Waals surface area contributed by atoms with E-state index in [0.29, 0.717) is 18.7 Å². The molecule has 0 radical (unpaired) electrons. The van der Waals surface area contributed by atoms with Gasteiger partial charge in [0.05, 0.1) is 20.3 Å². The molecule has 0 aliphatic carbocycles. The number of hydrogen-bond donors (Lipinski definition) is 0. The van der Waals surface area contributed by atoms with E-state index in [1.165, 1.54) is 12.0 Å². The van der Waals surface area contributed by atoms with Crippen LogP contribution in [0.1, 0.15) is 15.9 Å². The molecule has 6 heteroatoms. The molecular weight excluding hydrogens is 326 g/mol. The lowest BCUT2D eigenvalue weighted by Crippen LogP contribution is -2.53. The summed E-state index contributed by atoms with van der Waals surface area (Å²) in [5.41, 5.74) is 1.45. The standard InChI is InChI=1S/C14H16BrNO4/c1-9-3-4-10(15)7-11(9)13(17)16-5-6-20-8-12(16)14(18)19-2/h3-4,7,12H,5-6,8H2,1-2H3. The van der Waals surface area contributed by atoms with Crippen molar-refractivity contribution in [1.29, 1.82) is 0 Å². The molecule has 5 nitrogen and oxygen atoms in total. The predicted octanol–water partition coefficient (Wildman–Crippen LogP) is 1.77. The average Bonchev–Trinajstić information content (AvgIpc) is 2.48. The average molecular weight is 342 g/mol. The zero-order valence-electron chi connectivity index (χ0n) is 11.4. The Morgan fingerprint density at radius 2 is 2.20 bits per heavy atom. The summed E-state index contributed by atoms with van der Waals surface area (Å²) in [5, 5.41) is 0. The molecule has 1 fully saturated rings. The predicted molar refractivity (Wildman–Crippen MR) is 76.5 cm³/mol. The third kappa shape index (κ3) is 3.02. The molecule has 1 aliphatic rings. The van der Waals surface area contributed by atoms with E-state index in [1.807, 2.05) is 19.1 Å². The lowest BCUT2D eigenvalue weighted by molar-refractivity contribution is -0.151. The molecule has 1 amide bonds. The molecule has 1 unspecified atom stereocenters. The van der Waals surface area contributed by atoms with E-state index in [0.717, 1.165) is 10.0 Å². The van der Waals surface area contributed by atoms with E-state index in [2.05, 4.69) is 15.9 Å². The van der Waals surface area contributed by atoms with Crippen LogP contribution in [0.15, 0.2) is 22.7 Å². The molecular formula is C14H16BrNO4. The maximum Gasteiger partial charge on any atom is 0.331 e. The van der Waals surface area contributed by atoms with Crippen molar-refractivity contribution in [1.82, 2.24) is 4.90 Å². The summed E-state index contributed by atoms with van der Waals surface area (Å²) >= 11 is 3.36. The molecule has 1 atom stereocenters. The molecule has 0 aromatic heterocycles. The molecule has 20 heavy (non-hydrogen) atoms. The highest BCUT2D eigenvalue weighted by Gasteiger charge is 2.34. The third-order valence-electron chi connectivity index (χ3n) is 3.29. The summed E-state index contributed by atoms with van der Waals surface area (Å²) in [4.78, 5) is 25.9. The number of halogens is 1. The first kappa shape index (κ1) is 15.0. The molecule has 0 saturated carbocycles. The molecule has 108 valence electrons. The Hall–Kier alpha value is -1.40. The summed E-state index contributed by atoms with van der Waals surface area (Å²) in [7, 11) is 1.31. The maximum atomic E-state index is 12.6. The van der Waals surface area contributed by atoms with E-state index < -0.39 is 12.0 Å². The van der Waals surface area contributed by atoms with Crippen LogP contribution in [0.25, 0.3) is 0 Å². The zero-order chi connectivity index (χ0) is 14.7. The number of nitrogens with zero attached hydrogens (tertiary/aromatic N) is 1. The van der Waals surface area contributed by atoms with E-state index in [9.17, 15) is 9.59 Å². The second-order valence-electron chi connectivity index (χ2n) is 4.57. The lowest BCUT2D eigenvalue weighted by Gasteiger charge is -2.34. The number of aryl methyl sites for hydroxylation is 1. The van der Waals surface area contributed by atoms with Crippen molar-refractivity contribution in [3.63, 3.8) is 0 Å². The van der Waals surface area contributed by atoms with Crippen molar-refractivity contribution in [3.8, 4) is 0 Å². The summed E-state index contributed by atoms with van der Waals surface area (Å²) in [6, 6.07) is 4.83. The number of rotatable bonds is 2. The van der Waals surface area contributed by atoms with Crippen LogP contribution in [0.2, 0.25) is 0 Å². The van der Waals surface area contributed by atoms with E-state index in [1.54, 1.807) is 6.07 Å². The fourth-order valence-corrected chi connectivity index (χ4v) is 2.52. The van der Waals surface area contributed by atoms with Crippen LogP contribution in [-0.2, 0) is 14.3 Å². The fourth-order valence-electron chi connectivity index (χ4n) is 2.16. The smallest absolute Gasteiger partial charge is 0.331 e. The number of benzene rings is 1. The lowest BCUT2D eigenvalue weighted by atomic mass is 10.1. The Morgan fingerprint density at radius 1 is 1.45 bits per heavy atom. The van der Waals surface area contributed by atoms with Gasteiger partial charge in [-0.25, -0.2) is 4.79 Å². The summed E-state index contributed by atoms with van der Waals surface area (Å²) < 4.78 is 10.8. The van der Waals surface area contributed by atoms with Gasteiger partial charge in [0, 0.05) is 16.6 Å². The van der Waals surface area contributed by atoms with Gasteiger partial charge >= 0.3 is 5.97 Å². The molecule has 0 spiro atoms. The van der Waals surface area contributed by atoms with E-state index in [-0.39, 0.29) is 12.5 Å². The Balaban J connectivity index is 2.30. The first-order valence-electron chi connectivity index (χ1n) is 6.27. The van der Waals surface area contributed by atoms with Crippen LogP contribution >= 0.6 is 15.9 Å². The molecule has 0 bridgehead atoms. The Bertz CT molecular complexity index is 532. The maximum absolute atomic E-state index is 12.6. The summed E-state index contributed by atoms with van der Waals surface area (Å²) in [6.07, 6.45) is 0. The number of hydrogen-bond acceptors (Lipinski definition) is 4. The highest BCUT2D eigenvalue weighted by molar-refractivity contribution is 9.10. The second kappa shape index (κ2) is 6.37. The van der Waals surface area contributed by atoms with E-state index >= 15 is 0 Å². The van der Waals surface area contributed by atoms with Crippen LogP contribution in [-0.4, -0.2) is 49.7 Å². The number of amides is 1. The molecule has 1 heterocycles. The van der Waals surface area contributed by atoms with Crippen LogP contribution in [0.4, 0.5) is 0 Å². The van der Waals surface area contributed by atoms with Crippen molar-refractivity contribution >= 4 is 27.8 Å². The highest BCUT2D eigenvalue weighted by atomic mass is 79.9. The summed E-state index contributed by atoms with van der Waals surface area (Å²) in [5.74, 6) is -0.631. The Labute approximate surface area is 126 Å². The normalized spacial score (nSPS) is 18.8. The minimum absolute atomic E-state index is 0.172. The monoisotopic (exact) mass is 341 g/mol. The van der Waals surface area contributed by atoms with Gasteiger partial charge in [-0.2, -0.15) is 0 Å². The van der Waals surface area contributed by atoms with Crippen molar-refractivity contribution < 1.29 is 19.1 Å². The van der Waals surface area contributed by atoms with Crippen molar-refractivity contribution in [2.45, 2.75) is 13.0 Å². The third-order valence-corrected chi connectivity index (χ3v) is 3.79. The van der Waals surface area contributed by atoms with Crippen LogP contribution in [0, 0.1) is 6.92 Å². The highest BCUT2D eigenvalue weighted by Crippen LogP contribution is 2.20. The molecule has 1 aromatic carbocycles. The second-order valence-corrected chi connectivity index (χ2v) is 5.49.